The topological polar surface area (TPSA) is 151 Å². The van der Waals surface area contributed by atoms with Crippen molar-refractivity contribution in [1.82, 2.24) is 19.8 Å². The molecule has 2 bridgehead atoms. The van der Waals surface area contributed by atoms with Gasteiger partial charge in [-0.3, -0.25) is 28.5 Å². The molecule has 2 aromatic heterocycles. The Morgan fingerprint density at radius 1 is 0.930 bits per heavy atom. The molecule has 1 amide bonds. The highest BCUT2D eigenvalue weighted by Crippen LogP contribution is 2.39. The third-order valence-corrected chi connectivity index (χ3v) is 12.3. The van der Waals surface area contributed by atoms with E-state index in [1.165, 1.54) is 23.5 Å². The number of nitrogens with one attached hydrogen (secondary N) is 2. The molecule has 3 saturated heterocycles. The van der Waals surface area contributed by atoms with Crippen LogP contribution >= 0.6 is 11.3 Å². The molecule has 5 heterocycles. The Labute approximate surface area is 331 Å². The number of carboxylic acid groups (broad SMARTS) is 1. The Kier molecular flexibility index (Phi) is 12.9. The number of halogens is 2. The lowest BCUT2D eigenvalue weighted by Crippen LogP contribution is -2.59. The summed E-state index contributed by atoms with van der Waals surface area (Å²) >= 11 is 1.23. The number of aliphatic hydroxyl groups excluding tert-OH is 1. The normalized spacial score (nSPS) is 17.9. The van der Waals surface area contributed by atoms with Gasteiger partial charge in [-0.25, -0.2) is 4.79 Å². The molecule has 0 radical (unpaired) electrons. The van der Waals surface area contributed by atoms with Gasteiger partial charge in [0.05, 0.1) is 33.6 Å². The van der Waals surface area contributed by atoms with Crippen molar-refractivity contribution < 1.29 is 29.5 Å². The van der Waals surface area contributed by atoms with E-state index in [1.54, 1.807) is 17.0 Å². The number of piperidine rings is 3. The zero-order chi connectivity index (χ0) is 38.1. The summed E-state index contributed by atoms with van der Waals surface area (Å²) in [4.78, 5) is 44.5. The SMILES string of the molecule is F.F.O=C(O)N(c1cc(CCCCn2c(=O)sc3cc(CNC[C@H](O)c4ccc(O)c5[nH]c(=O)ccc45)ccc32)ccc1-c1ccccc1)[C@H]1CN2CCC1CC2. The second-order valence-electron chi connectivity index (χ2n) is 14.8. The number of fused-ring (bicyclic) bond motifs is 5. The van der Waals surface area contributed by atoms with Gasteiger partial charge in [-0.1, -0.05) is 65.9 Å². The number of benzene rings is 4. The summed E-state index contributed by atoms with van der Waals surface area (Å²) in [6, 6.07) is 28.3. The van der Waals surface area contributed by atoms with Gasteiger partial charge in [-0.15, -0.1) is 0 Å². The average Bonchev–Trinajstić information content (AvgIpc) is 3.51. The highest BCUT2D eigenvalue weighted by molar-refractivity contribution is 7.16. The van der Waals surface area contributed by atoms with E-state index >= 15 is 0 Å². The number of H-pyrrole nitrogens is 1. The number of rotatable bonds is 13. The highest BCUT2D eigenvalue weighted by atomic mass is 32.1. The molecule has 3 aliphatic heterocycles. The van der Waals surface area contributed by atoms with E-state index < -0.39 is 12.2 Å². The van der Waals surface area contributed by atoms with Gasteiger partial charge < -0.3 is 30.5 Å². The standard InChI is InChI=1S/C43H45N5O6S.2FH/c49-37-15-12-32(33-13-16-40(51)45-41(33)37)38(50)25-44-24-28-10-14-34-39(23-28)55-43(54)47(34)19-5-4-6-27-9-11-31(29-7-2-1-3-8-29)35(22-27)48(42(52)53)36-26-46-20-17-30(36)18-21-46;;/h1-3,7-16,22-23,30,36,38,44,49-50H,4-6,17-21,24-26H2,(H,45,51)(H,52,53);2*1H/t36-,38-;;/m0../s1. The fraction of sp³-hybridized carbons (Fsp3) is 0.326. The first-order valence-electron chi connectivity index (χ1n) is 19.0. The number of hydrogen-bond donors (Lipinski definition) is 5. The maximum Gasteiger partial charge on any atom is 0.412 e. The molecule has 3 fully saturated rings. The van der Waals surface area contributed by atoms with Gasteiger partial charge in [0.1, 0.15) is 5.75 Å². The Bertz CT molecular complexity index is 2460. The number of aromatic hydroxyl groups is 1. The first-order chi connectivity index (χ1) is 26.7. The Balaban J connectivity index is 0.00000275. The molecule has 0 saturated carbocycles. The first kappa shape index (κ1) is 41.2. The van der Waals surface area contributed by atoms with Crippen molar-refractivity contribution in [3.05, 3.63) is 128 Å². The summed E-state index contributed by atoms with van der Waals surface area (Å²) in [7, 11) is 0. The van der Waals surface area contributed by atoms with Crippen LogP contribution in [0.1, 0.15) is 48.5 Å². The number of thiazole rings is 1. The number of phenols is 1. The second kappa shape index (κ2) is 17.8. The molecule has 3 aliphatic rings. The van der Waals surface area contributed by atoms with Gasteiger partial charge in [0.15, 0.2) is 0 Å². The fourth-order valence-corrected chi connectivity index (χ4v) is 9.47. The van der Waals surface area contributed by atoms with Gasteiger partial charge in [0.2, 0.25) is 5.56 Å². The zero-order valence-corrected chi connectivity index (χ0v) is 32.1. The van der Waals surface area contributed by atoms with E-state index in [9.17, 15) is 29.7 Å². The number of aliphatic hydroxyl groups is 1. The summed E-state index contributed by atoms with van der Waals surface area (Å²) in [5.74, 6) is 0.308. The van der Waals surface area contributed by atoms with Crippen molar-refractivity contribution in [3.63, 3.8) is 0 Å². The summed E-state index contributed by atoms with van der Waals surface area (Å²) in [6.45, 7) is 4.17. The molecule has 6 aromatic rings. The maximum absolute atomic E-state index is 13.1. The third-order valence-electron chi connectivity index (χ3n) is 11.3. The van der Waals surface area contributed by atoms with Crippen LogP contribution in [0.5, 0.6) is 5.75 Å². The zero-order valence-electron chi connectivity index (χ0n) is 31.3. The van der Waals surface area contributed by atoms with E-state index in [2.05, 4.69) is 33.4 Å². The molecule has 2 atom stereocenters. The number of aryl methyl sites for hydroxylation is 2. The van der Waals surface area contributed by atoms with E-state index in [4.69, 9.17) is 0 Å². The molecule has 5 N–H and O–H groups in total. The number of pyridine rings is 1. The molecule has 9 rings (SSSR count). The van der Waals surface area contributed by atoms with Crippen molar-refractivity contribution in [2.75, 3.05) is 31.1 Å². The van der Waals surface area contributed by atoms with Crippen LogP contribution in [0.3, 0.4) is 0 Å². The van der Waals surface area contributed by atoms with E-state index in [0.717, 1.165) is 89.9 Å². The van der Waals surface area contributed by atoms with Gasteiger partial charge >= 0.3 is 11.0 Å². The lowest BCUT2D eigenvalue weighted by Gasteiger charge is -2.48. The van der Waals surface area contributed by atoms with Crippen LogP contribution in [0.25, 0.3) is 32.2 Å². The number of aromatic nitrogens is 2. The maximum atomic E-state index is 13.1. The Hall–Kier alpha value is -5.41. The average molecular weight is 800 g/mol. The van der Waals surface area contributed by atoms with E-state index in [1.807, 2.05) is 53.1 Å². The molecule has 0 aliphatic carbocycles. The van der Waals surface area contributed by atoms with Crippen LogP contribution in [-0.2, 0) is 19.5 Å². The van der Waals surface area contributed by atoms with Gasteiger partial charge in [-0.2, -0.15) is 0 Å². The summed E-state index contributed by atoms with van der Waals surface area (Å²) < 4.78 is 2.74. The summed E-state index contributed by atoms with van der Waals surface area (Å²) in [5, 5.41) is 35.6. The number of anilines is 1. The minimum absolute atomic E-state index is 0. The lowest BCUT2D eigenvalue weighted by molar-refractivity contribution is 0.0837. The minimum atomic E-state index is -0.907. The largest absolute Gasteiger partial charge is 0.506 e. The van der Waals surface area contributed by atoms with Crippen molar-refractivity contribution in [2.45, 2.75) is 57.3 Å². The predicted octanol–water partition coefficient (Wildman–Crippen LogP) is 7.01. The Morgan fingerprint density at radius 3 is 2.44 bits per heavy atom. The third kappa shape index (κ3) is 8.64. The monoisotopic (exact) mass is 799 g/mol. The number of amides is 1. The number of phenolic OH excluding ortho intramolecular Hbond substituents is 1. The van der Waals surface area contributed by atoms with Crippen LogP contribution in [0.15, 0.2) is 101 Å². The molecular formula is C43H47F2N5O6S. The van der Waals surface area contributed by atoms with Crippen LogP contribution in [0.2, 0.25) is 0 Å². The smallest absolute Gasteiger partial charge is 0.412 e. The molecule has 4 aromatic carbocycles. The second-order valence-corrected chi connectivity index (χ2v) is 15.8. The van der Waals surface area contributed by atoms with E-state index in [-0.39, 0.29) is 38.2 Å². The molecular weight excluding hydrogens is 753 g/mol. The number of unbranched alkanes of at least 4 members (excludes halogenated alkanes) is 1. The number of aromatic amines is 1. The van der Waals surface area contributed by atoms with Crippen molar-refractivity contribution in [2.24, 2.45) is 5.92 Å². The molecule has 11 nitrogen and oxygen atoms in total. The van der Waals surface area contributed by atoms with Gasteiger partial charge in [0, 0.05) is 43.2 Å². The van der Waals surface area contributed by atoms with Crippen molar-refractivity contribution in [3.8, 4) is 16.9 Å². The van der Waals surface area contributed by atoms with E-state index in [0.29, 0.717) is 35.5 Å². The van der Waals surface area contributed by atoms with Crippen molar-refractivity contribution >= 4 is 44.2 Å². The predicted molar refractivity (Wildman–Crippen MR) is 222 cm³/mol. The molecule has 0 unspecified atom stereocenters. The number of hydrogen-bond acceptors (Lipinski definition) is 8. The van der Waals surface area contributed by atoms with Crippen LogP contribution in [0, 0.1) is 5.92 Å². The minimum Gasteiger partial charge on any atom is -0.506 e. The molecule has 14 heteroatoms. The van der Waals surface area contributed by atoms with Gasteiger partial charge in [-0.05, 0) is 104 Å². The number of nitrogens with zero attached hydrogens (tertiary/aromatic N) is 3. The fourth-order valence-electron chi connectivity index (χ4n) is 8.49. The van der Waals surface area contributed by atoms with Crippen LogP contribution in [-0.4, -0.2) is 68.1 Å². The molecule has 300 valence electrons. The quantitative estimate of drug-likeness (QED) is 0.0784. The first-order valence-corrected chi connectivity index (χ1v) is 19.8. The molecule has 0 spiro atoms. The van der Waals surface area contributed by atoms with Gasteiger partial charge in [0.25, 0.3) is 0 Å². The number of carbonyl (C=O) groups is 1. The molecule has 57 heavy (non-hydrogen) atoms. The lowest BCUT2D eigenvalue weighted by atomic mass is 9.82. The van der Waals surface area contributed by atoms with Crippen molar-refractivity contribution in [1.29, 1.82) is 0 Å². The Morgan fingerprint density at radius 2 is 1.70 bits per heavy atom. The van der Waals surface area contributed by atoms with Crippen LogP contribution in [0.4, 0.5) is 19.9 Å². The summed E-state index contributed by atoms with van der Waals surface area (Å²) in [5.41, 5.74) is 6.20. The van der Waals surface area contributed by atoms with Crippen LogP contribution < -0.4 is 20.6 Å². The summed E-state index contributed by atoms with van der Waals surface area (Å²) in [6.07, 6.45) is 2.69. The highest BCUT2D eigenvalue weighted by Gasteiger charge is 2.41.